The Balaban J connectivity index is 1.46. The summed E-state index contributed by atoms with van der Waals surface area (Å²) < 4.78 is 0. The van der Waals surface area contributed by atoms with E-state index >= 15 is 0 Å². The number of anilines is 1. The van der Waals surface area contributed by atoms with Crippen molar-refractivity contribution in [3.05, 3.63) is 65.2 Å². The Bertz CT molecular complexity index is 975. The highest BCUT2D eigenvalue weighted by molar-refractivity contribution is 5.95. The van der Waals surface area contributed by atoms with Crippen LogP contribution in [-0.4, -0.2) is 35.7 Å². The third-order valence-electron chi connectivity index (χ3n) is 6.34. The van der Waals surface area contributed by atoms with E-state index in [2.05, 4.69) is 28.8 Å². The number of carbonyl (C=O) groups excluding carboxylic acids is 3. The van der Waals surface area contributed by atoms with Crippen molar-refractivity contribution in [2.75, 3.05) is 18.4 Å². The Morgan fingerprint density at radius 1 is 0.933 bits per heavy atom. The Morgan fingerprint density at radius 2 is 1.60 bits per heavy atom. The van der Waals surface area contributed by atoms with Crippen molar-refractivity contribution in [3.63, 3.8) is 0 Å². The maximum Gasteiger partial charge on any atom is 0.253 e. The van der Waals surface area contributed by atoms with Crippen LogP contribution in [0.2, 0.25) is 0 Å². The molecule has 4 rings (SSSR count). The van der Waals surface area contributed by atoms with Crippen LogP contribution in [0.4, 0.5) is 5.69 Å². The van der Waals surface area contributed by atoms with E-state index in [0.29, 0.717) is 24.3 Å². The van der Waals surface area contributed by atoms with Gasteiger partial charge in [-0.15, -0.1) is 0 Å². The lowest BCUT2D eigenvalue weighted by atomic mass is 9.73. The van der Waals surface area contributed by atoms with Crippen molar-refractivity contribution in [1.29, 1.82) is 0 Å². The molecule has 1 spiro atoms. The zero-order valence-electron chi connectivity index (χ0n) is 17.4. The largest absolute Gasteiger partial charge is 0.349 e. The second-order valence-corrected chi connectivity index (χ2v) is 8.38. The fourth-order valence-electron chi connectivity index (χ4n) is 4.96. The molecule has 1 heterocycles. The van der Waals surface area contributed by atoms with Gasteiger partial charge in [-0.05, 0) is 54.7 Å². The minimum Gasteiger partial charge on any atom is -0.349 e. The first kappa shape index (κ1) is 20.1. The second kappa shape index (κ2) is 7.94. The topological polar surface area (TPSA) is 78.5 Å². The first-order chi connectivity index (χ1) is 14.4. The number of hydrogen-bond acceptors (Lipinski definition) is 3. The average Bonchev–Trinajstić information content (AvgIpc) is 3.01. The smallest absolute Gasteiger partial charge is 0.253 e. The number of amides is 3. The molecule has 2 aliphatic rings. The Kier molecular flexibility index (Phi) is 5.33. The van der Waals surface area contributed by atoms with E-state index in [1.165, 1.54) is 18.1 Å². The van der Waals surface area contributed by atoms with Crippen LogP contribution in [0.5, 0.6) is 0 Å². The van der Waals surface area contributed by atoms with Gasteiger partial charge < -0.3 is 15.5 Å². The van der Waals surface area contributed by atoms with Crippen LogP contribution in [0, 0.1) is 0 Å². The third-order valence-corrected chi connectivity index (χ3v) is 6.34. The number of likely N-dealkylation sites (tertiary alicyclic amines) is 1. The van der Waals surface area contributed by atoms with E-state index in [1.54, 1.807) is 31.2 Å². The van der Waals surface area contributed by atoms with E-state index < -0.39 is 0 Å². The summed E-state index contributed by atoms with van der Waals surface area (Å²) >= 11 is 0. The molecular weight excluding hydrogens is 378 g/mol. The molecule has 1 aliphatic carbocycles. The van der Waals surface area contributed by atoms with Gasteiger partial charge in [0.2, 0.25) is 11.8 Å². The molecule has 30 heavy (non-hydrogen) atoms. The van der Waals surface area contributed by atoms with Crippen molar-refractivity contribution < 1.29 is 14.4 Å². The van der Waals surface area contributed by atoms with Crippen LogP contribution < -0.4 is 10.6 Å². The number of nitrogens with one attached hydrogen (secondary N) is 2. The maximum absolute atomic E-state index is 13.0. The highest BCUT2D eigenvalue weighted by atomic mass is 16.2. The van der Waals surface area contributed by atoms with Gasteiger partial charge in [-0.1, -0.05) is 24.3 Å². The monoisotopic (exact) mass is 405 g/mol. The summed E-state index contributed by atoms with van der Waals surface area (Å²) in [6.45, 7) is 4.40. The van der Waals surface area contributed by atoms with Gasteiger partial charge in [-0.2, -0.15) is 0 Å². The number of rotatable bonds is 3. The van der Waals surface area contributed by atoms with Crippen LogP contribution >= 0.6 is 0 Å². The Hall–Kier alpha value is -3.15. The van der Waals surface area contributed by atoms with E-state index in [4.69, 9.17) is 0 Å². The van der Waals surface area contributed by atoms with E-state index in [9.17, 15) is 14.4 Å². The number of hydrogen-bond donors (Lipinski definition) is 2. The number of piperidine rings is 1. The third kappa shape index (κ3) is 3.82. The number of fused-ring (bicyclic) bond motifs is 2. The number of benzene rings is 2. The molecule has 156 valence electrons. The first-order valence-electron chi connectivity index (χ1n) is 10.4. The minimum absolute atomic E-state index is 0.00968. The molecule has 2 aromatic rings. The summed E-state index contributed by atoms with van der Waals surface area (Å²) in [6.07, 6.45) is 2.66. The highest BCUT2D eigenvalue weighted by Crippen LogP contribution is 2.50. The summed E-state index contributed by atoms with van der Waals surface area (Å²) in [7, 11) is 0. The molecule has 0 bridgehead atoms. The van der Waals surface area contributed by atoms with Gasteiger partial charge in [0, 0.05) is 43.6 Å². The minimum atomic E-state index is -0.134. The molecule has 3 amide bonds. The SMILES string of the molecule is CC(=O)Nc1ccc(C(=O)N2CCC3(CC2)CC(NC(C)=O)c2ccccc23)cc1. The molecule has 2 aromatic carbocycles. The van der Waals surface area contributed by atoms with Crippen molar-refractivity contribution >= 4 is 23.4 Å². The van der Waals surface area contributed by atoms with Crippen LogP contribution in [-0.2, 0) is 15.0 Å². The molecule has 1 unspecified atom stereocenters. The molecule has 1 aliphatic heterocycles. The normalized spacial score (nSPS) is 19.3. The summed E-state index contributed by atoms with van der Waals surface area (Å²) in [6, 6.07) is 15.4. The van der Waals surface area contributed by atoms with Gasteiger partial charge in [-0.3, -0.25) is 14.4 Å². The van der Waals surface area contributed by atoms with Crippen molar-refractivity contribution in [3.8, 4) is 0 Å². The van der Waals surface area contributed by atoms with Gasteiger partial charge in [0.15, 0.2) is 0 Å². The van der Waals surface area contributed by atoms with E-state index in [1.807, 2.05) is 11.0 Å². The standard InChI is InChI=1S/C24H27N3O3/c1-16(28)25-19-9-7-18(8-10-19)23(30)27-13-11-24(12-14-27)15-22(26-17(2)29)20-5-3-4-6-21(20)24/h3-10,22H,11-15H2,1-2H3,(H,25,28)(H,26,29). The predicted molar refractivity (Wildman–Crippen MR) is 115 cm³/mol. The zero-order chi connectivity index (χ0) is 21.3. The average molecular weight is 405 g/mol. The molecule has 2 N–H and O–H groups in total. The molecule has 6 nitrogen and oxygen atoms in total. The number of carbonyl (C=O) groups is 3. The van der Waals surface area contributed by atoms with Crippen molar-refractivity contribution in [1.82, 2.24) is 10.2 Å². The van der Waals surface area contributed by atoms with Crippen molar-refractivity contribution in [2.24, 2.45) is 0 Å². The van der Waals surface area contributed by atoms with E-state index in [-0.39, 0.29) is 29.2 Å². The molecule has 1 atom stereocenters. The lowest BCUT2D eigenvalue weighted by molar-refractivity contribution is -0.119. The van der Waals surface area contributed by atoms with Crippen LogP contribution in [0.1, 0.15) is 60.6 Å². The molecule has 1 saturated heterocycles. The maximum atomic E-state index is 13.0. The van der Waals surface area contributed by atoms with Gasteiger partial charge >= 0.3 is 0 Å². The lowest BCUT2D eigenvalue weighted by Crippen LogP contribution is -2.44. The van der Waals surface area contributed by atoms with Gasteiger partial charge in [-0.25, -0.2) is 0 Å². The molecule has 6 heteroatoms. The Labute approximate surface area is 176 Å². The summed E-state index contributed by atoms with van der Waals surface area (Å²) in [5.74, 6) is -0.129. The molecular formula is C24H27N3O3. The molecule has 0 radical (unpaired) electrons. The highest BCUT2D eigenvalue weighted by Gasteiger charge is 2.46. The quantitative estimate of drug-likeness (QED) is 0.822. The van der Waals surface area contributed by atoms with Crippen LogP contribution in [0.3, 0.4) is 0 Å². The van der Waals surface area contributed by atoms with Gasteiger partial charge in [0.25, 0.3) is 5.91 Å². The fourth-order valence-corrected chi connectivity index (χ4v) is 4.96. The summed E-state index contributed by atoms with van der Waals surface area (Å²) in [5, 5.41) is 5.82. The van der Waals surface area contributed by atoms with E-state index in [0.717, 1.165) is 19.3 Å². The first-order valence-corrected chi connectivity index (χ1v) is 10.4. The molecule has 0 aromatic heterocycles. The summed E-state index contributed by atoms with van der Waals surface area (Å²) in [5.41, 5.74) is 3.85. The Morgan fingerprint density at radius 3 is 2.23 bits per heavy atom. The lowest BCUT2D eigenvalue weighted by Gasteiger charge is -2.40. The van der Waals surface area contributed by atoms with Crippen LogP contribution in [0.25, 0.3) is 0 Å². The summed E-state index contributed by atoms with van der Waals surface area (Å²) in [4.78, 5) is 37.7. The van der Waals surface area contributed by atoms with Crippen LogP contribution in [0.15, 0.2) is 48.5 Å². The van der Waals surface area contributed by atoms with Gasteiger partial charge in [0.1, 0.15) is 0 Å². The van der Waals surface area contributed by atoms with Gasteiger partial charge in [0.05, 0.1) is 6.04 Å². The molecule has 1 fully saturated rings. The molecule has 0 saturated carbocycles. The van der Waals surface area contributed by atoms with Crippen molar-refractivity contribution in [2.45, 2.75) is 44.6 Å². The predicted octanol–water partition coefficient (Wildman–Crippen LogP) is 3.40. The second-order valence-electron chi connectivity index (χ2n) is 8.38. The zero-order valence-corrected chi connectivity index (χ0v) is 17.4. The number of nitrogens with zero attached hydrogens (tertiary/aromatic N) is 1. The fraction of sp³-hybridized carbons (Fsp3) is 0.375.